The Morgan fingerprint density at radius 2 is 2.32 bits per heavy atom. The van der Waals surface area contributed by atoms with E-state index < -0.39 is 0 Å². The van der Waals surface area contributed by atoms with Crippen LogP contribution >= 0.6 is 0 Å². The van der Waals surface area contributed by atoms with Crippen molar-refractivity contribution in [2.45, 2.75) is 19.4 Å². The van der Waals surface area contributed by atoms with Crippen LogP contribution in [0, 0.1) is 10.1 Å². The van der Waals surface area contributed by atoms with Crippen LogP contribution in [0.15, 0.2) is 36.9 Å². The zero-order valence-corrected chi connectivity index (χ0v) is 11.2. The molecule has 1 rings (SSSR count). The van der Waals surface area contributed by atoms with E-state index in [1.54, 1.807) is 12.1 Å². The summed E-state index contributed by atoms with van der Waals surface area (Å²) in [6.07, 6.45) is 2.67. The first-order valence-corrected chi connectivity index (χ1v) is 6.31. The number of nitro benzene ring substituents is 1. The van der Waals surface area contributed by atoms with Gasteiger partial charge in [-0.15, -0.1) is 6.58 Å². The smallest absolute Gasteiger partial charge is 0.269 e. The highest BCUT2D eigenvalue weighted by molar-refractivity contribution is 5.35. The van der Waals surface area contributed by atoms with Gasteiger partial charge in [0.15, 0.2) is 0 Å². The van der Waals surface area contributed by atoms with Crippen molar-refractivity contribution in [3.63, 3.8) is 0 Å². The fourth-order valence-corrected chi connectivity index (χ4v) is 1.64. The van der Waals surface area contributed by atoms with E-state index in [0.717, 1.165) is 12.0 Å². The van der Waals surface area contributed by atoms with Crippen molar-refractivity contribution >= 4 is 5.69 Å². The maximum atomic E-state index is 10.7. The Bertz CT molecular complexity index is 421. The van der Waals surface area contributed by atoms with Gasteiger partial charge >= 0.3 is 0 Å². The van der Waals surface area contributed by atoms with Crippen LogP contribution in [-0.2, 0) is 4.74 Å². The van der Waals surface area contributed by atoms with Crippen LogP contribution in [0.4, 0.5) is 5.69 Å². The third kappa shape index (κ3) is 5.63. The summed E-state index contributed by atoms with van der Waals surface area (Å²) in [5, 5.41) is 14.0. The molecule has 19 heavy (non-hydrogen) atoms. The van der Waals surface area contributed by atoms with Crippen molar-refractivity contribution in [2.75, 3.05) is 19.8 Å². The molecule has 5 heteroatoms. The number of ether oxygens (including phenoxy) is 1. The van der Waals surface area contributed by atoms with E-state index >= 15 is 0 Å². The van der Waals surface area contributed by atoms with Gasteiger partial charge in [-0.1, -0.05) is 18.2 Å². The van der Waals surface area contributed by atoms with Gasteiger partial charge in [0.25, 0.3) is 5.69 Å². The Hall–Kier alpha value is -1.72. The number of rotatable bonds is 9. The SMILES string of the molecule is C=CCCOCCNC(C)c1cccc([N+](=O)[O-])c1. The summed E-state index contributed by atoms with van der Waals surface area (Å²) in [6.45, 7) is 7.60. The van der Waals surface area contributed by atoms with Gasteiger partial charge in [0, 0.05) is 24.7 Å². The quantitative estimate of drug-likeness (QED) is 0.322. The number of benzene rings is 1. The van der Waals surface area contributed by atoms with Gasteiger partial charge in [-0.05, 0) is 18.9 Å². The highest BCUT2D eigenvalue weighted by Gasteiger charge is 2.10. The van der Waals surface area contributed by atoms with Crippen LogP contribution in [0.5, 0.6) is 0 Å². The summed E-state index contributed by atoms with van der Waals surface area (Å²) >= 11 is 0. The summed E-state index contributed by atoms with van der Waals surface area (Å²) in [4.78, 5) is 10.3. The number of nitrogens with zero attached hydrogens (tertiary/aromatic N) is 1. The standard InChI is InChI=1S/C14H20N2O3/c1-3-4-9-19-10-8-15-12(2)13-6-5-7-14(11-13)16(17)18/h3,5-7,11-12,15H,1,4,8-10H2,2H3. The van der Waals surface area contributed by atoms with E-state index in [1.165, 1.54) is 6.07 Å². The molecule has 0 aliphatic heterocycles. The van der Waals surface area contributed by atoms with Crippen molar-refractivity contribution in [3.8, 4) is 0 Å². The molecule has 5 nitrogen and oxygen atoms in total. The van der Waals surface area contributed by atoms with Crippen molar-refractivity contribution in [1.82, 2.24) is 5.32 Å². The minimum absolute atomic E-state index is 0.0582. The minimum Gasteiger partial charge on any atom is -0.380 e. The molecule has 1 atom stereocenters. The first-order valence-electron chi connectivity index (χ1n) is 6.31. The predicted octanol–water partition coefficient (Wildman–Crippen LogP) is 2.84. The van der Waals surface area contributed by atoms with Gasteiger partial charge in [0.2, 0.25) is 0 Å². The van der Waals surface area contributed by atoms with Gasteiger partial charge in [-0.2, -0.15) is 0 Å². The second-order valence-corrected chi connectivity index (χ2v) is 4.22. The molecule has 1 aromatic carbocycles. The third-order valence-electron chi connectivity index (χ3n) is 2.74. The Kier molecular flexibility index (Phi) is 6.78. The molecule has 0 spiro atoms. The first-order chi connectivity index (χ1) is 9.15. The zero-order valence-electron chi connectivity index (χ0n) is 11.2. The van der Waals surface area contributed by atoms with Crippen LogP contribution < -0.4 is 5.32 Å². The molecule has 0 heterocycles. The summed E-state index contributed by atoms with van der Waals surface area (Å²) in [6, 6.07) is 6.73. The van der Waals surface area contributed by atoms with Gasteiger partial charge in [0.1, 0.15) is 0 Å². The zero-order chi connectivity index (χ0) is 14.1. The van der Waals surface area contributed by atoms with Gasteiger partial charge in [0.05, 0.1) is 18.1 Å². The normalized spacial score (nSPS) is 12.1. The lowest BCUT2D eigenvalue weighted by Crippen LogP contribution is -2.23. The van der Waals surface area contributed by atoms with Crippen molar-refractivity contribution in [1.29, 1.82) is 0 Å². The molecule has 0 radical (unpaired) electrons. The molecule has 0 fully saturated rings. The van der Waals surface area contributed by atoms with Crippen LogP contribution in [0.2, 0.25) is 0 Å². The first kappa shape index (κ1) is 15.3. The molecule has 0 aliphatic rings. The summed E-state index contributed by atoms with van der Waals surface area (Å²) in [7, 11) is 0. The largest absolute Gasteiger partial charge is 0.380 e. The number of hydrogen-bond acceptors (Lipinski definition) is 4. The second-order valence-electron chi connectivity index (χ2n) is 4.22. The monoisotopic (exact) mass is 264 g/mol. The molecule has 104 valence electrons. The van der Waals surface area contributed by atoms with Crippen molar-refractivity contribution in [2.24, 2.45) is 0 Å². The number of nitrogens with one attached hydrogen (secondary N) is 1. The molecule has 1 N–H and O–H groups in total. The lowest BCUT2D eigenvalue weighted by atomic mass is 10.1. The van der Waals surface area contributed by atoms with Crippen LogP contribution in [0.3, 0.4) is 0 Å². The van der Waals surface area contributed by atoms with E-state index in [1.807, 2.05) is 19.1 Å². The third-order valence-corrected chi connectivity index (χ3v) is 2.74. The molecule has 0 amide bonds. The molecular formula is C14H20N2O3. The summed E-state index contributed by atoms with van der Waals surface area (Å²) in [5.74, 6) is 0. The molecule has 1 aromatic rings. The average molecular weight is 264 g/mol. The summed E-state index contributed by atoms with van der Waals surface area (Å²) < 4.78 is 5.38. The molecule has 1 unspecified atom stereocenters. The summed E-state index contributed by atoms with van der Waals surface area (Å²) in [5.41, 5.74) is 1.02. The van der Waals surface area contributed by atoms with Crippen LogP contribution in [0.1, 0.15) is 24.9 Å². The lowest BCUT2D eigenvalue weighted by molar-refractivity contribution is -0.384. The topological polar surface area (TPSA) is 64.4 Å². The Labute approximate surface area is 113 Å². The van der Waals surface area contributed by atoms with Gasteiger partial charge in [-0.3, -0.25) is 10.1 Å². The highest BCUT2D eigenvalue weighted by Crippen LogP contribution is 2.18. The van der Waals surface area contributed by atoms with E-state index in [4.69, 9.17) is 4.74 Å². The minimum atomic E-state index is -0.380. The predicted molar refractivity (Wildman–Crippen MR) is 75.1 cm³/mol. The Balaban J connectivity index is 2.36. The molecular weight excluding hydrogens is 244 g/mol. The molecule has 0 aromatic heterocycles. The maximum Gasteiger partial charge on any atom is 0.269 e. The van der Waals surface area contributed by atoms with E-state index in [-0.39, 0.29) is 16.7 Å². The fraction of sp³-hybridized carbons (Fsp3) is 0.429. The maximum absolute atomic E-state index is 10.7. The highest BCUT2D eigenvalue weighted by atomic mass is 16.6. The van der Waals surface area contributed by atoms with Crippen LogP contribution in [-0.4, -0.2) is 24.7 Å². The number of non-ortho nitro benzene ring substituents is 1. The van der Waals surface area contributed by atoms with Gasteiger partial charge in [-0.25, -0.2) is 0 Å². The van der Waals surface area contributed by atoms with Crippen LogP contribution in [0.25, 0.3) is 0 Å². The molecule has 0 saturated carbocycles. The fourth-order valence-electron chi connectivity index (χ4n) is 1.64. The van der Waals surface area contributed by atoms with Crippen molar-refractivity contribution < 1.29 is 9.66 Å². The molecule has 0 bridgehead atoms. The van der Waals surface area contributed by atoms with E-state index in [2.05, 4.69) is 11.9 Å². The molecule has 0 aliphatic carbocycles. The lowest BCUT2D eigenvalue weighted by Gasteiger charge is -2.14. The molecule has 0 saturated heterocycles. The Morgan fingerprint density at radius 3 is 3.00 bits per heavy atom. The van der Waals surface area contributed by atoms with Crippen molar-refractivity contribution in [3.05, 3.63) is 52.6 Å². The van der Waals surface area contributed by atoms with Gasteiger partial charge < -0.3 is 10.1 Å². The average Bonchev–Trinajstić information content (AvgIpc) is 2.42. The van der Waals surface area contributed by atoms with E-state index in [0.29, 0.717) is 19.8 Å². The number of hydrogen-bond donors (Lipinski definition) is 1. The second kappa shape index (κ2) is 8.39. The Morgan fingerprint density at radius 1 is 1.53 bits per heavy atom. The van der Waals surface area contributed by atoms with E-state index in [9.17, 15) is 10.1 Å². The number of nitro groups is 1.